The molecule has 0 saturated carbocycles. The lowest BCUT2D eigenvalue weighted by atomic mass is 10.1. The van der Waals surface area contributed by atoms with Crippen LogP contribution in [0.5, 0.6) is 5.75 Å². The number of ether oxygens (including phenoxy) is 3. The largest absolute Gasteiger partial charge is 0.497 e. The molecule has 0 bridgehead atoms. The Labute approximate surface area is 108 Å². The van der Waals surface area contributed by atoms with Gasteiger partial charge in [0.15, 0.2) is 0 Å². The molecule has 4 nitrogen and oxygen atoms in total. The van der Waals surface area contributed by atoms with Gasteiger partial charge in [0.2, 0.25) is 0 Å². The van der Waals surface area contributed by atoms with Crippen LogP contribution in [0.2, 0.25) is 0 Å². The molecular weight excluding hydrogens is 230 g/mol. The van der Waals surface area contributed by atoms with Gasteiger partial charge < -0.3 is 19.5 Å². The molecule has 1 aliphatic rings. The zero-order chi connectivity index (χ0) is 12.8. The van der Waals surface area contributed by atoms with Gasteiger partial charge in [-0.25, -0.2) is 0 Å². The van der Waals surface area contributed by atoms with Crippen LogP contribution in [0.4, 0.5) is 0 Å². The maximum atomic E-state index is 5.84. The van der Waals surface area contributed by atoms with Crippen molar-refractivity contribution in [2.45, 2.75) is 19.1 Å². The fourth-order valence-electron chi connectivity index (χ4n) is 1.95. The van der Waals surface area contributed by atoms with Crippen LogP contribution in [0.3, 0.4) is 0 Å². The van der Waals surface area contributed by atoms with E-state index in [0.717, 1.165) is 31.0 Å². The predicted octanol–water partition coefficient (Wildman–Crippen LogP) is 1.76. The van der Waals surface area contributed by atoms with Gasteiger partial charge in [-0.15, -0.1) is 0 Å². The normalized spacial score (nSPS) is 21.6. The number of hydrogen-bond donors (Lipinski definition) is 1. The van der Waals surface area contributed by atoms with E-state index in [9.17, 15) is 0 Å². The van der Waals surface area contributed by atoms with Crippen LogP contribution in [-0.4, -0.2) is 39.5 Å². The van der Waals surface area contributed by atoms with E-state index in [1.165, 1.54) is 0 Å². The number of hydrogen-bond acceptors (Lipinski definition) is 4. The Hall–Kier alpha value is -1.10. The summed E-state index contributed by atoms with van der Waals surface area (Å²) in [6.07, 6.45) is 0.237. The van der Waals surface area contributed by atoms with E-state index < -0.39 is 0 Å². The summed E-state index contributed by atoms with van der Waals surface area (Å²) >= 11 is 0. The van der Waals surface area contributed by atoms with Crippen molar-refractivity contribution in [1.29, 1.82) is 0 Å². The monoisotopic (exact) mass is 251 g/mol. The second-order valence-electron chi connectivity index (χ2n) is 4.45. The average molecular weight is 251 g/mol. The maximum Gasteiger partial charge on any atom is 0.118 e. The highest BCUT2D eigenvalue weighted by atomic mass is 16.5. The highest BCUT2D eigenvalue weighted by molar-refractivity contribution is 5.28. The fourth-order valence-corrected chi connectivity index (χ4v) is 1.95. The highest BCUT2D eigenvalue weighted by Gasteiger charge is 2.15. The number of nitrogens with one attached hydrogen (secondary N) is 1. The molecule has 2 rings (SSSR count). The van der Waals surface area contributed by atoms with Crippen molar-refractivity contribution in [3.63, 3.8) is 0 Å². The van der Waals surface area contributed by atoms with E-state index in [1.54, 1.807) is 7.11 Å². The topological polar surface area (TPSA) is 39.7 Å². The molecule has 2 atom stereocenters. The molecule has 1 saturated heterocycles. The lowest BCUT2D eigenvalue weighted by molar-refractivity contribution is -0.0520. The van der Waals surface area contributed by atoms with Crippen molar-refractivity contribution >= 4 is 0 Å². The summed E-state index contributed by atoms with van der Waals surface area (Å²) in [5.41, 5.74) is 1.15. The summed E-state index contributed by atoms with van der Waals surface area (Å²) in [4.78, 5) is 0. The molecule has 1 aromatic rings. The first kappa shape index (κ1) is 13.3. The third kappa shape index (κ3) is 3.70. The Kier molecular flexibility index (Phi) is 4.99. The molecular formula is C14H21NO3. The molecule has 1 heterocycles. The minimum atomic E-state index is 0.0708. The third-order valence-corrected chi connectivity index (χ3v) is 3.12. The molecule has 0 aromatic heterocycles. The van der Waals surface area contributed by atoms with Crippen molar-refractivity contribution in [2.24, 2.45) is 0 Å². The molecule has 2 unspecified atom stereocenters. The van der Waals surface area contributed by atoms with Crippen molar-refractivity contribution in [2.75, 3.05) is 33.4 Å². The molecule has 0 radical (unpaired) electrons. The first-order valence-corrected chi connectivity index (χ1v) is 6.37. The Bertz CT molecular complexity index is 347. The third-order valence-electron chi connectivity index (χ3n) is 3.12. The average Bonchev–Trinajstić information content (AvgIpc) is 2.46. The molecule has 0 amide bonds. The van der Waals surface area contributed by atoms with Gasteiger partial charge in [-0.05, 0) is 24.6 Å². The number of methoxy groups -OCH3 is 1. The van der Waals surface area contributed by atoms with E-state index in [-0.39, 0.29) is 12.2 Å². The molecule has 100 valence electrons. The SMILES string of the molecule is COc1ccc(C(C)OCC2CNCCO2)cc1. The molecule has 1 aromatic carbocycles. The molecule has 18 heavy (non-hydrogen) atoms. The molecule has 1 fully saturated rings. The van der Waals surface area contributed by atoms with Crippen LogP contribution in [0, 0.1) is 0 Å². The van der Waals surface area contributed by atoms with Crippen molar-refractivity contribution in [3.8, 4) is 5.75 Å². The van der Waals surface area contributed by atoms with Gasteiger partial charge in [-0.2, -0.15) is 0 Å². The maximum absolute atomic E-state index is 5.84. The lowest BCUT2D eigenvalue weighted by Crippen LogP contribution is -2.41. The van der Waals surface area contributed by atoms with E-state index in [4.69, 9.17) is 14.2 Å². The second kappa shape index (κ2) is 6.73. The highest BCUT2D eigenvalue weighted by Crippen LogP contribution is 2.20. The summed E-state index contributed by atoms with van der Waals surface area (Å²) in [7, 11) is 1.67. The van der Waals surface area contributed by atoms with Crippen LogP contribution in [0.25, 0.3) is 0 Å². The molecule has 1 aliphatic heterocycles. The lowest BCUT2D eigenvalue weighted by Gasteiger charge is -2.25. The van der Waals surface area contributed by atoms with Crippen molar-refractivity contribution < 1.29 is 14.2 Å². The van der Waals surface area contributed by atoms with Gasteiger partial charge in [0, 0.05) is 13.1 Å². The number of benzene rings is 1. The van der Waals surface area contributed by atoms with E-state index in [0.29, 0.717) is 6.61 Å². The zero-order valence-corrected chi connectivity index (χ0v) is 11.0. The number of rotatable bonds is 5. The van der Waals surface area contributed by atoms with Crippen LogP contribution >= 0.6 is 0 Å². The Morgan fingerprint density at radius 1 is 1.39 bits per heavy atom. The second-order valence-corrected chi connectivity index (χ2v) is 4.45. The van der Waals surface area contributed by atoms with Gasteiger partial charge in [0.1, 0.15) is 5.75 Å². The summed E-state index contributed by atoms with van der Waals surface area (Å²) in [6, 6.07) is 7.97. The van der Waals surface area contributed by atoms with Gasteiger partial charge in [0.25, 0.3) is 0 Å². The van der Waals surface area contributed by atoms with Crippen molar-refractivity contribution in [1.82, 2.24) is 5.32 Å². The molecule has 0 spiro atoms. The Morgan fingerprint density at radius 2 is 2.17 bits per heavy atom. The number of morpholine rings is 1. The Balaban J connectivity index is 1.80. The minimum absolute atomic E-state index is 0.0708. The molecule has 0 aliphatic carbocycles. The Morgan fingerprint density at radius 3 is 2.78 bits per heavy atom. The van der Waals surface area contributed by atoms with Crippen LogP contribution in [0.1, 0.15) is 18.6 Å². The molecule has 4 heteroatoms. The smallest absolute Gasteiger partial charge is 0.118 e. The van der Waals surface area contributed by atoms with Crippen LogP contribution in [0.15, 0.2) is 24.3 Å². The summed E-state index contributed by atoms with van der Waals surface area (Å²) in [5.74, 6) is 0.866. The summed E-state index contributed by atoms with van der Waals surface area (Å²) in [6.45, 7) is 5.25. The summed E-state index contributed by atoms with van der Waals surface area (Å²) in [5, 5.41) is 3.29. The molecule has 1 N–H and O–H groups in total. The van der Waals surface area contributed by atoms with E-state index in [2.05, 4.69) is 12.2 Å². The fraction of sp³-hybridized carbons (Fsp3) is 0.571. The van der Waals surface area contributed by atoms with E-state index >= 15 is 0 Å². The van der Waals surface area contributed by atoms with Gasteiger partial charge in [-0.3, -0.25) is 0 Å². The predicted molar refractivity (Wildman–Crippen MR) is 70.0 cm³/mol. The van der Waals surface area contributed by atoms with Gasteiger partial charge in [0.05, 0.1) is 32.5 Å². The van der Waals surface area contributed by atoms with Gasteiger partial charge >= 0.3 is 0 Å². The standard InChI is InChI=1S/C14H21NO3/c1-11(12-3-5-13(16-2)6-4-12)18-10-14-9-15-7-8-17-14/h3-6,11,14-15H,7-10H2,1-2H3. The van der Waals surface area contributed by atoms with Crippen molar-refractivity contribution in [3.05, 3.63) is 29.8 Å². The first-order chi connectivity index (χ1) is 8.79. The quantitative estimate of drug-likeness (QED) is 0.865. The van der Waals surface area contributed by atoms with Gasteiger partial charge in [-0.1, -0.05) is 12.1 Å². The zero-order valence-electron chi connectivity index (χ0n) is 11.0. The van der Waals surface area contributed by atoms with Crippen LogP contribution < -0.4 is 10.1 Å². The first-order valence-electron chi connectivity index (χ1n) is 6.37. The summed E-state index contributed by atoms with van der Waals surface area (Å²) < 4.78 is 16.6. The van der Waals surface area contributed by atoms with Crippen LogP contribution in [-0.2, 0) is 9.47 Å². The minimum Gasteiger partial charge on any atom is -0.497 e. The van der Waals surface area contributed by atoms with E-state index in [1.807, 2.05) is 24.3 Å².